The molecule has 7 nitrogen and oxygen atoms in total. The van der Waals surface area contributed by atoms with Crippen LogP contribution in [-0.2, 0) is 9.53 Å². The summed E-state index contributed by atoms with van der Waals surface area (Å²) in [6.45, 7) is 2.01. The second-order valence-electron chi connectivity index (χ2n) is 10.5. The third-order valence-electron chi connectivity index (χ3n) is 8.04. The van der Waals surface area contributed by atoms with Crippen molar-refractivity contribution in [1.82, 2.24) is 10.3 Å². The van der Waals surface area contributed by atoms with Crippen molar-refractivity contribution in [3.63, 3.8) is 0 Å². The number of cyclic esters (lactones) is 1. The molecule has 1 aromatic heterocycles. The van der Waals surface area contributed by atoms with Crippen molar-refractivity contribution in [2.75, 3.05) is 0 Å². The highest BCUT2D eigenvalue weighted by atomic mass is 19.1. The summed E-state index contributed by atoms with van der Waals surface area (Å²) in [6, 6.07) is 10.5. The van der Waals surface area contributed by atoms with Gasteiger partial charge >= 0.3 is 5.97 Å². The largest absolute Gasteiger partial charge is 0.462 e. The molecule has 0 radical (unpaired) electrons. The van der Waals surface area contributed by atoms with Crippen LogP contribution in [0.2, 0.25) is 0 Å². The Kier molecular flexibility index (Phi) is 6.48. The highest BCUT2D eigenvalue weighted by Gasteiger charge is 2.54. The molecule has 2 saturated carbocycles. The van der Waals surface area contributed by atoms with Crippen LogP contribution in [0.15, 0.2) is 48.7 Å². The molecule has 0 spiro atoms. The molecule has 7 N–H and O–H groups in total. The molecule has 1 aromatic carbocycles. The minimum atomic E-state index is -1.40. The van der Waals surface area contributed by atoms with E-state index >= 15 is 0 Å². The normalized spacial score (nSPS) is 32.8. The van der Waals surface area contributed by atoms with Crippen molar-refractivity contribution < 1.29 is 13.9 Å². The van der Waals surface area contributed by atoms with Crippen molar-refractivity contribution in [1.29, 1.82) is 0 Å². The van der Waals surface area contributed by atoms with Crippen LogP contribution in [0.5, 0.6) is 0 Å². The molecule has 0 amide bonds. The minimum absolute atomic E-state index is 0.0853. The number of nitrogens with two attached hydrogens (primary N) is 3. The molecule has 2 aliphatic carbocycles. The van der Waals surface area contributed by atoms with E-state index in [1.54, 1.807) is 12.3 Å². The van der Waals surface area contributed by atoms with Crippen LogP contribution in [0.1, 0.15) is 38.3 Å². The average Bonchev–Trinajstić information content (AvgIpc) is 3.09. The van der Waals surface area contributed by atoms with Gasteiger partial charge in [0, 0.05) is 23.7 Å². The summed E-state index contributed by atoms with van der Waals surface area (Å²) >= 11 is 0. The van der Waals surface area contributed by atoms with E-state index in [-0.39, 0.29) is 41.7 Å². The van der Waals surface area contributed by atoms with E-state index in [1.807, 2.05) is 31.2 Å². The second kappa shape index (κ2) is 9.43. The van der Waals surface area contributed by atoms with E-state index in [2.05, 4.69) is 16.4 Å². The van der Waals surface area contributed by atoms with Crippen molar-refractivity contribution >= 4 is 12.0 Å². The molecular weight excluding hydrogens is 445 g/mol. The first-order valence-electron chi connectivity index (χ1n) is 12.4. The van der Waals surface area contributed by atoms with Crippen molar-refractivity contribution in [3.05, 3.63) is 60.2 Å². The molecule has 7 atom stereocenters. The lowest BCUT2D eigenvalue weighted by Crippen LogP contribution is -2.71. The molecule has 1 aliphatic heterocycles. The van der Waals surface area contributed by atoms with Gasteiger partial charge < -0.3 is 4.74 Å². The lowest BCUT2D eigenvalue weighted by atomic mass is 9.57. The highest BCUT2D eigenvalue weighted by Crippen LogP contribution is 2.53. The van der Waals surface area contributed by atoms with Crippen LogP contribution < -0.4 is 22.5 Å². The number of fused-ring (bicyclic) bond motifs is 2. The Morgan fingerprint density at radius 3 is 2.69 bits per heavy atom. The molecule has 2 aromatic rings. The summed E-state index contributed by atoms with van der Waals surface area (Å²) in [5, 5.41) is 3.13. The summed E-state index contributed by atoms with van der Waals surface area (Å²) in [6.07, 6.45) is 9.58. The molecule has 5 rings (SSSR count). The average molecular weight is 480 g/mol. The number of aromatic nitrogens is 1. The summed E-state index contributed by atoms with van der Waals surface area (Å²) in [5.41, 5.74) is 19.9. The number of nitrogens with one attached hydrogen (secondary N) is 1. The van der Waals surface area contributed by atoms with Crippen molar-refractivity contribution in [2.45, 2.75) is 50.7 Å². The summed E-state index contributed by atoms with van der Waals surface area (Å²) < 4.78 is 19.3. The summed E-state index contributed by atoms with van der Waals surface area (Å²) in [4.78, 5) is 17.2. The Hall–Kier alpha value is -2.65. The fourth-order valence-corrected chi connectivity index (χ4v) is 6.65. The zero-order valence-electron chi connectivity index (χ0n) is 19.9. The van der Waals surface area contributed by atoms with E-state index in [9.17, 15) is 9.18 Å². The number of hydrogen-bond donors (Lipinski definition) is 4. The Morgan fingerprint density at radius 1 is 1.14 bits per heavy atom. The van der Waals surface area contributed by atoms with Crippen LogP contribution >= 0.6 is 0 Å². The lowest BCUT2D eigenvalue weighted by molar-refractivity contribution is -0.144. The maximum atomic E-state index is 13.6. The first-order chi connectivity index (χ1) is 16.7. The van der Waals surface area contributed by atoms with Gasteiger partial charge in [-0.3, -0.25) is 32.3 Å². The number of ether oxygens (including phenoxy) is 1. The molecule has 35 heavy (non-hydrogen) atoms. The number of allylic oxidation sites excluding steroid dienone is 1. The van der Waals surface area contributed by atoms with Crippen LogP contribution in [0.25, 0.3) is 17.2 Å². The topological polar surface area (TPSA) is 129 Å². The Labute approximate surface area is 205 Å². The summed E-state index contributed by atoms with van der Waals surface area (Å²) in [7, 11) is 0. The maximum Gasteiger partial charge on any atom is 0.309 e. The molecule has 186 valence electrons. The van der Waals surface area contributed by atoms with E-state index in [0.717, 1.165) is 42.5 Å². The van der Waals surface area contributed by atoms with Gasteiger partial charge in [0.2, 0.25) is 0 Å². The quantitative estimate of drug-likeness (QED) is 0.383. The van der Waals surface area contributed by atoms with Crippen molar-refractivity contribution in [3.8, 4) is 11.1 Å². The minimum Gasteiger partial charge on any atom is -0.462 e. The summed E-state index contributed by atoms with van der Waals surface area (Å²) in [5.74, 6) is -0.678. The molecule has 8 heteroatoms. The molecular formula is C27H34FN5O2. The Morgan fingerprint density at radius 2 is 1.97 bits per heavy atom. The highest BCUT2D eigenvalue weighted by molar-refractivity contribution is 5.75. The number of esters is 1. The maximum absolute atomic E-state index is 13.6. The van der Waals surface area contributed by atoms with Gasteiger partial charge in [0.25, 0.3) is 0 Å². The lowest BCUT2D eigenvalue weighted by Gasteiger charge is -2.48. The van der Waals surface area contributed by atoms with Crippen LogP contribution in [0, 0.1) is 35.4 Å². The fraction of sp³-hybridized carbons (Fsp3) is 0.481. The van der Waals surface area contributed by atoms with E-state index in [0.29, 0.717) is 11.8 Å². The van der Waals surface area contributed by atoms with Crippen molar-refractivity contribution in [2.24, 2.45) is 46.8 Å². The van der Waals surface area contributed by atoms with Gasteiger partial charge in [-0.2, -0.15) is 0 Å². The Balaban J connectivity index is 1.36. The molecule has 1 saturated heterocycles. The first kappa shape index (κ1) is 24.1. The van der Waals surface area contributed by atoms with Gasteiger partial charge in [-0.05, 0) is 80.2 Å². The monoisotopic (exact) mass is 479 g/mol. The predicted octanol–water partition coefficient (Wildman–Crippen LogP) is 2.96. The third kappa shape index (κ3) is 5.16. The van der Waals surface area contributed by atoms with E-state index < -0.39 is 5.91 Å². The zero-order chi connectivity index (χ0) is 24.7. The number of hydrogen-bond acceptors (Lipinski definition) is 7. The molecule has 3 fully saturated rings. The van der Waals surface area contributed by atoms with Crippen LogP contribution in [0.4, 0.5) is 4.39 Å². The standard InChI is InChI=1S/C27H34FN5O2/c1-15-25-23(10-7-20-6-5-17(14-32-20)16-3-2-4-19(28)11-16)22-9-8-21(33-27(29,30)31)12-18(22)13-24(25)26(34)35-15/h2-7,10-11,14-15,18,21-25,33H,8-9,12-13,29-31H2,1H3/b10-7+/t15-,18+,21+,22-,23+,24-,25+/m1/s1. The van der Waals surface area contributed by atoms with Crippen LogP contribution in [-0.4, -0.2) is 29.0 Å². The van der Waals surface area contributed by atoms with Gasteiger partial charge in [-0.1, -0.05) is 24.3 Å². The van der Waals surface area contributed by atoms with Gasteiger partial charge in [0.1, 0.15) is 11.9 Å². The molecule has 0 unspecified atom stereocenters. The predicted molar refractivity (Wildman–Crippen MR) is 132 cm³/mol. The van der Waals surface area contributed by atoms with Gasteiger partial charge in [-0.25, -0.2) is 4.39 Å². The van der Waals surface area contributed by atoms with Gasteiger partial charge in [0.05, 0.1) is 11.6 Å². The van der Waals surface area contributed by atoms with Crippen LogP contribution in [0.3, 0.4) is 0 Å². The second-order valence-corrected chi connectivity index (χ2v) is 10.5. The van der Waals surface area contributed by atoms with E-state index in [4.69, 9.17) is 21.9 Å². The molecule has 3 aliphatic rings. The number of carbonyl (C=O) groups excluding carboxylic acids is 1. The number of benzene rings is 1. The molecule has 0 bridgehead atoms. The number of carbonyl (C=O) groups is 1. The number of rotatable bonds is 5. The number of nitrogens with zero attached hydrogens (tertiary/aromatic N) is 1. The van der Waals surface area contributed by atoms with E-state index in [1.165, 1.54) is 12.1 Å². The number of halogens is 1. The van der Waals surface area contributed by atoms with Gasteiger partial charge in [0.15, 0.2) is 5.91 Å². The fourth-order valence-electron chi connectivity index (χ4n) is 6.65. The number of pyridine rings is 1. The third-order valence-corrected chi connectivity index (χ3v) is 8.04. The SMILES string of the molecule is C[C@H]1OC(=O)[C@@H]2C[C@@H]3C[C@@H](NC(N)(N)N)CC[C@H]3[C@H](/C=C/c3ccc(-c4cccc(F)c4)cn3)[C@H]12. The zero-order valence-corrected chi connectivity index (χ0v) is 19.9. The smallest absolute Gasteiger partial charge is 0.309 e. The van der Waals surface area contributed by atoms with Gasteiger partial charge in [-0.15, -0.1) is 0 Å². The Bertz CT molecular complexity index is 1100. The first-order valence-corrected chi connectivity index (χ1v) is 12.4. The molecule has 2 heterocycles.